The van der Waals surface area contributed by atoms with Gasteiger partial charge in [-0.3, -0.25) is 9.59 Å². The van der Waals surface area contributed by atoms with Crippen LogP contribution in [0.1, 0.15) is 72.1 Å². The summed E-state index contributed by atoms with van der Waals surface area (Å²) in [5, 5.41) is 8.37. The van der Waals surface area contributed by atoms with Crippen LogP contribution in [0.4, 0.5) is 0 Å². The molecule has 0 atom stereocenters. The van der Waals surface area contributed by atoms with Crippen molar-refractivity contribution in [1.82, 2.24) is 0 Å². The van der Waals surface area contributed by atoms with Crippen molar-refractivity contribution in [2.45, 2.75) is 74.7 Å². The molecular formula is C31H46BO3. The molecule has 0 fully saturated rings. The third-order valence-corrected chi connectivity index (χ3v) is 3.98. The minimum Gasteiger partial charge on any atom is -0.481 e. The van der Waals surface area contributed by atoms with E-state index in [1.165, 1.54) is 5.56 Å². The SMILES string of the molecule is C.CC.CC.CC.O=C(CCc1ccccc1)Cc1ccccc1.O=C(O)Cc1ccccc1.[B]. The molecule has 0 heterocycles. The van der Waals surface area contributed by atoms with E-state index in [2.05, 4.69) is 12.1 Å². The Kier molecular flexibility index (Phi) is 32.3. The fourth-order valence-corrected chi connectivity index (χ4v) is 2.61. The van der Waals surface area contributed by atoms with E-state index in [0.29, 0.717) is 18.6 Å². The van der Waals surface area contributed by atoms with Gasteiger partial charge in [0.1, 0.15) is 5.78 Å². The number of carbonyl (C=O) groups excluding carboxylic acids is 1. The second-order valence-corrected chi connectivity index (χ2v) is 6.24. The normalized spacial score (nSPS) is 8.06. The maximum Gasteiger partial charge on any atom is 0.307 e. The fourth-order valence-electron chi connectivity index (χ4n) is 2.61. The highest BCUT2D eigenvalue weighted by atomic mass is 16.4. The summed E-state index contributed by atoms with van der Waals surface area (Å²) in [4.78, 5) is 22.0. The van der Waals surface area contributed by atoms with Crippen molar-refractivity contribution in [1.29, 1.82) is 0 Å². The molecule has 0 aromatic heterocycles. The highest BCUT2D eigenvalue weighted by molar-refractivity contribution is 5.81. The molecule has 0 unspecified atom stereocenters. The van der Waals surface area contributed by atoms with Crippen LogP contribution in [0.15, 0.2) is 91.0 Å². The first-order chi connectivity index (χ1) is 16.1. The van der Waals surface area contributed by atoms with E-state index >= 15 is 0 Å². The van der Waals surface area contributed by atoms with Crippen LogP contribution in [0, 0.1) is 0 Å². The molecule has 0 saturated carbocycles. The number of hydrogen-bond acceptors (Lipinski definition) is 2. The van der Waals surface area contributed by atoms with Gasteiger partial charge in [0.15, 0.2) is 0 Å². The van der Waals surface area contributed by atoms with E-state index in [4.69, 9.17) is 5.11 Å². The molecule has 3 nitrogen and oxygen atoms in total. The number of rotatable bonds is 7. The summed E-state index contributed by atoms with van der Waals surface area (Å²) in [5.41, 5.74) is 3.18. The van der Waals surface area contributed by atoms with Crippen LogP contribution in [-0.2, 0) is 28.9 Å². The number of aliphatic carboxylic acids is 1. The summed E-state index contributed by atoms with van der Waals surface area (Å²) in [6.45, 7) is 12.0. The standard InChI is InChI=1S/C16H16O.C8H8O2.3C2H6.CH4.B/c17-16(13-15-9-5-2-6-10-15)12-11-14-7-3-1-4-8-14;9-8(10)6-7-4-2-1-3-5-7;3*1-2;;/h1-10H,11-13H2;1-5H,6H2,(H,9,10);3*1-2H3;1H4;. The van der Waals surface area contributed by atoms with Crippen molar-refractivity contribution in [3.05, 3.63) is 108 Å². The van der Waals surface area contributed by atoms with E-state index in [1.807, 2.05) is 108 Å². The number of benzene rings is 3. The molecule has 35 heavy (non-hydrogen) atoms. The van der Waals surface area contributed by atoms with Crippen molar-refractivity contribution in [2.24, 2.45) is 0 Å². The second-order valence-electron chi connectivity index (χ2n) is 6.24. The maximum atomic E-state index is 11.8. The Hall–Kier alpha value is -3.14. The smallest absolute Gasteiger partial charge is 0.307 e. The summed E-state index contributed by atoms with van der Waals surface area (Å²) >= 11 is 0. The van der Waals surface area contributed by atoms with Crippen LogP contribution in [0.2, 0.25) is 0 Å². The number of Topliss-reactive ketones (excluding diaryl/α,β-unsaturated/α-hetero) is 1. The predicted molar refractivity (Wildman–Crippen MR) is 154 cm³/mol. The van der Waals surface area contributed by atoms with Crippen molar-refractivity contribution in [2.75, 3.05) is 0 Å². The first-order valence-corrected chi connectivity index (χ1v) is 12.0. The lowest BCUT2D eigenvalue weighted by molar-refractivity contribution is -0.136. The zero-order valence-corrected chi connectivity index (χ0v) is 21.8. The molecule has 0 amide bonds. The lowest BCUT2D eigenvalue weighted by Crippen LogP contribution is -2.04. The van der Waals surface area contributed by atoms with Gasteiger partial charge in [0, 0.05) is 21.3 Å². The Labute approximate surface area is 217 Å². The number of carbonyl (C=O) groups is 2. The largest absolute Gasteiger partial charge is 0.481 e. The van der Waals surface area contributed by atoms with Gasteiger partial charge in [0.25, 0.3) is 0 Å². The number of carboxylic acid groups (broad SMARTS) is 1. The monoisotopic (exact) mass is 477 g/mol. The van der Waals surface area contributed by atoms with Gasteiger partial charge in [-0.1, -0.05) is 140 Å². The molecule has 4 heteroatoms. The molecule has 0 aliphatic carbocycles. The van der Waals surface area contributed by atoms with Gasteiger partial charge in [0.05, 0.1) is 6.42 Å². The van der Waals surface area contributed by atoms with Crippen LogP contribution in [0.25, 0.3) is 0 Å². The maximum absolute atomic E-state index is 11.8. The van der Waals surface area contributed by atoms with E-state index in [9.17, 15) is 9.59 Å². The Morgan fingerprint density at radius 2 is 0.886 bits per heavy atom. The molecule has 3 radical (unpaired) electrons. The van der Waals surface area contributed by atoms with Crippen molar-refractivity contribution in [3.8, 4) is 0 Å². The molecule has 0 aliphatic rings. The van der Waals surface area contributed by atoms with Crippen molar-refractivity contribution < 1.29 is 14.7 Å². The molecule has 0 aliphatic heterocycles. The molecule has 0 bridgehead atoms. The molecule has 1 N–H and O–H groups in total. The Balaban J connectivity index is -0.000000231. The minimum atomic E-state index is -0.786. The third-order valence-electron chi connectivity index (χ3n) is 3.98. The summed E-state index contributed by atoms with van der Waals surface area (Å²) in [6.07, 6.45) is 2.12. The van der Waals surface area contributed by atoms with Crippen LogP contribution < -0.4 is 0 Å². The molecular weight excluding hydrogens is 431 g/mol. The Morgan fingerprint density at radius 1 is 0.571 bits per heavy atom. The first kappa shape index (κ1) is 39.1. The zero-order chi connectivity index (χ0) is 25.3. The van der Waals surface area contributed by atoms with Gasteiger partial charge in [0.2, 0.25) is 0 Å². The Morgan fingerprint density at radius 3 is 1.23 bits per heavy atom. The average molecular weight is 478 g/mol. The van der Waals surface area contributed by atoms with Gasteiger partial charge in [-0.2, -0.15) is 0 Å². The lowest BCUT2D eigenvalue weighted by Gasteiger charge is -2.01. The Bertz CT molecular complexity index is 820. The third kappa shape index (κ3) is 22.4. The summed E-state index contributed by atoms with van der Waals surface area (Å²) in [5.74, 6) is -0.480. The van der Waals surface area contributed by atoms with Crippen molar-refractivity contribution in [3.63, 3.8) is 0 Å². The summed E-state index contributed by atoms with van der Waals surface area (Å²) < 4.78 is 0. The highest BCUT2D eigenvalue weighted by Gasteiger charge is 2.03. The van der Waals surface area contributed by atoms with Gasteiger partial charge >= 0.3 is 5.97 Å². The lowest BCUT2D eigenvalue weighted by atomic mass is 10.0. The summed E-state index contributed by atoms with van der Waals surface area (Å²) in [6, 6.07) is 29.2. The van der Waals surface area contributed by atoms with Gasteiger partial charge in [-0.05, 0) is 23.1 Å². The average Bonchev–Trinajstić information content (AvgIpc) is 2.88. The number of ketones is 1. The highest BCUT2D eigenvalue weighted by Crippen LogP contribution is 2.06. The molecule has 3 aromatic carbocycles. The van der Waals surface area contributed by atoms with E-state index < -0.39 is 5.97 Å². The first-order valence-electron chi connectivity index (χ1n) is 12.0. The van der Waals surface area contributed by atoms with E-state index in [0.717, 1.165) is 17.5 Å². The summed E-state index contributed by atoms with van der Waals surface area (Å²) in [7, 11) is 0. The van der Waals surface area contributed by atoms with E-state index in [-0.39, 0.29) is 22.3 Å². The molecule has 3 aromatic rings. The zero-order valence-electron chi connectivity index (χ0n) is 21.8. The van der Waals surface area contributed by atoms with Gasteiger partial charge < -0.3 is 5.11 Å². The molecule has 0 saturated heterocycles. The second kappa shape index (κ2) is 28.9. The van der Waals surface area contributed by atoms with Crippen LogP contribution in [-0.4, -0.2) is 25.3 Å². The van der Waals surface area contributed by atoms with E-state index in [1.54, 1.807) is 12.1 Å². The minimum absolute atomic E-state index is 0. The fraction of sp³-hybridized carbons (Fsp3) is 0.355. The van der Waals surface area contributed by atoms with Gasteiger partial charge in [-0.25, -0.2) is 0 Å². The van der Waals surface area contributed by atoms with Crippen LogP contribution in [0.5, 0.6) is 0 Å². The number of hydrogen-bond donors (Lipinski definition) is 1. The predicted octanol–water partition coefficient (Wildman–Crippen LogP) is 8.08. The molecule has 3 rings (SSSR count). The van der Waals surface area contributed by atoms with Gasteiger partial charge in [-0.15, -0.1) is 0 Å². The van der Waals surface area contributed by atoms with Crippen LogP contribution >= 0.6 is 0 Å². The van der Waals surface area contributed by atoms with Crippen molar-refractivity contribution >= 4 is 20.2 Å². The van der Waals surface area contributed by atoms with Crippen LogP contribution in [0.3, 0.4) is 0 Å². The topological polar surface area (TPSA) is 54.4 Å². The molecule has 0 spiro atoms. The number of aryl methyl sites for hydroxylation is 1. The number of carboxylic acids is 1. The molecule has 191 valence electrons. The quantitative estimate of drug-likeness (QED) is 0.350.